The van der Waals surface area contributed by atoms with Gasteiger partial charge < -0.3 is 0 Å². The second-order valence-electron chi connectivity index (χ2n) is 1.98. The molecule has 0 aromatic carbocycles. The summed E-state index contributed by atoms with van der Waals surface area (Å²) >= 11 is 0. The van der Waals surface area contributed by atoms with Crippen LogP contribution in [0.2, 0.25) is 0 Å². The summed E-state index contributed by atoms with van der Waals surface area (Å²) in [5, 5.41) is 0. The van der Waals surface area contributed by atoms with Crippen molar-refractivity contribution in [3.05, 3.63) is 23.1 Å². The fourth-order valence-electron chi connectivity index (χ4n) is 0.565. The molecule has 1 N–H and O–H groups in total. The largest absolute Gasteiger partial charge is 0.294 e. The van der Waals surface area contributed by atoms with E-state index >= 15 is 0 Å². The van der Waals surface area contributed by atoms with E-state index in [1.54, 1.807) is 13.0 Å². The molecule has 0 saturated heterocycles. The predicted octanol–water partition coefficient (Wildman–Crippen LogP) is 1.74. The van der Waals surface area contributed by atoms with E-state index in [1.165, 1.54) is 12.2 Å². The van der Waals surface area contributed by atoms with Crippen LogP contribution in [0.4, 0.5) is 0 Å². The molecule has 0 bridgehead atoms. The molecular weight excluding hydrogens is 164 g/mol. The lowest BCUT2D eigenvalue weighted by molar-refractivity contribution is 0.492. The molecule has 0 fully saturated rings. The van der Waals surface area contributed by atoms with Crippen molar-refractivity contribution < 1.29 is 13.0 Å². The monoisotopic (exact) mass is 176 g/mol. The van der Waals surface area contributed by atoms with E-state index in [2.05, 4.69) is 0 Å². The molecule has 0 aliphatic rings. The van der Waals surface area contributed by atoms with Crippen LogP contribution >= 0.6 is 0 Å². The summed E-state index contributed by atoms with van der Waals surface area (Å²) in [6, 6.07) is 0. The zero-order valence-electron chi connectivity index (χ0n) is 6.61. The summed E-state index contributed by atoms with van der Waals surface area (Å²) in [6.07, 6.45) is 5.15. The first kappa shape index (κ1) is 10.4. The maximum Gasteiger partial charge on any atom is 0.294 e. The van der Waals surface area contributed by atoms with Crippen molar-refractivity contribution in [2.75, 3.05) is 0 Å². The minimum Gasteiger partial charge on any atom is -0.282 e. The predicted molar refractivity (Wildman–Crippen MR) is 44.7 cm³/mol. The third-order valence-electron chi connectivity index (χ3n) is 1.10. The molecule has 0 radical (unpaired) electrons. The summed E-state index contributed by atoms with van der Waals surface area (Å²) in [5.41, 5.74) is 0. The molecule has 64 valence electrons. The van der Waals surface area contributed by atoms with Crippen molar-refractivity contribution in [2.24, 2.45) is 0 Å². The van der Waals surface area contributed by atoms with Gasteiger partial charge in [-0.2, -0.15) is 8.42 Å². The van der Waals surface area contributed by atoms with Crippen LogP contribution in [0.3, 0.4) is 0 Å². The van der Waals surface area contributed by atoms with Gasteiger partial charge in [-0.1, -0.05) is 19.1 Å². The van der Waals surface area contributed by atoms with Gasteiger partial charge in [-0.3, -0.25) is 4.55 Å². The Labute approximate surface area is 67.2 Å². The molecule has 0 atom stereocenters. The maximum absolute atomic E-state index is 10.5. The standard InChI is InChI=1S/C7H12O3S/c1-3-5-6-7(4-2)11(8,9)10/h4-6H,3H2,1-2H3,(H,8,9,10). The van der Waals surface area contributed by atoms with Gasteiger partial charge in [0.25, 0.3) is 10.1 Å². The van der Waals surface area contributed by atoms with E-state index in [0.717, 1.165) is 6.42 Å². The zero-order valence-corrected chi connectivity index (χ0v) is 7.43. The number of hydrogen-bond acceptors (Lipinski definition) is 2. The second-order valence-corrected chi connectivity index (χ2v) is 3.40. The van der Waals surface area contributed by atoms with Crippen molar-refractivity contribution in [1.82, 2.24) is 0 Å². The van der Waals surface area contributed by atoms with Gasteiger partial charge in [0.2, 0.25) is 0 Å². The first-order chi connectivity index (χ1) is 5.02. The van der Waals surface area contributed by atoms with Crippen LogP contribution in [0.1, 0.15) is 20.3 Å². The summed E-state index contributed by atoms with van der Waals surface area (Å²) in [7, 11) is -4.01. The average Bonchev–Trinajstić information content (AvgIpc) is 1.87. The Morgan fingerprint density at radius 3 is 2.36 bits per heavy atom. The van der Waals surface area contributed by atoms with E-state index in [-0.39, 0.29) is 4.91 Å². The topological polar surface area (TPSA) is 54.4 Å². The summed E-state index contributed by atoms with van der Waals surface area (Å²) < 4.78 is 29.6. The first-order valence-corrected chi connectivity index (χ1v) is 4.76. The van der Waals surface area contributed by atoms with E-state index in [1.807, 2.05) is 6.92 Å². The number of rotatable bonds is 3. The van der Waals surface area contributed by atoms with Gasteiger partial charge in [0.1, 0.15) is 0 Å². The van der Waals surface area contributed by atoms with Crippen molar-refractivity contribution in [1.29, 1.82) is 0 Å². The van der Waals surface area contributed by atoms with E-state index < -0.39 is 10.1 Å². The molecule has 0 saturated carbocycles. The summed E-state index contributed by atoms with van der Waals surface area (Å²) in [4.78, 5) is -0.0562. The van der Waals surface area contributed by atoms with Crippen molar-refractivity contribution in [3.8, 4) is 0 Å². The van der Waals surface area contributed by atoms with Crippen LogP contribution in [0.15, 0.2) is 23.1 Å². The Morgan fingerprint density at radius 2 is 2.09 bits per heavy atom. The van der Waals surface area contributed by atoms with E-state index in [0.29, 0.717) is 0 Å². The highest BCUT2D eigenvalue weighted by Crippen LogP contribution is 2.05. The Morgan fingerprint density at radius 1 is 1.55 bits per heavy atom. The smallest absolute Gasteiger partial charge is 0.282 e. The van der Waals surface area contributed by atoms with Gasteiger partial charge in [-0.05, 0) is 19.4 Å². The fraction of sp³-hybridized carbons (Fsp3) is 0.429. The van der Waals surface area contributed by atoms with Gasteiger partial charge in [-0.25, -0.2) is 0 Å². The molecule has 0 aromatic heterocycles. The van der Waals surface area contributed by atoms with E-state index in [9.17, 15) is 8.42 Å². The maximum atomic E-state index is 10.5. The molecule has 0 rings (SSSR count). The highest BCUT2D eigenvalue weighted by atomic mass is 32.2. The van der Waals surface area contributed by atoms with Crippen LogP contribution in [0, 0.1) is 0 Å². The van der Waals surface area contributed by atoms with Crippen LogP contribution < -0.4 is 0 Å². The van der Waals surface area contributed by atoms with Gasteiger partial charge in [-0.15, -0.1) is 0 Å². The highest BCUT2D eigenvalue weighted by molar-refractivity contribution is 7.90. The van der Waals surface area contributed by atoms with Gasteiger partial charge in [0, 0.05) is 0 Å². The molecule has 3 nitrogen and oxygen atoms in total. The molecular formula is C7H12O3S. The SMILES string of the molecule is CC=C(C=CCC)S(=O)(=O)O. The normalized spacial score (nSPS) is 14.3. The van der Waals surface area contributed by atoms with Crippen LogP contribution in [0.25, 0.3) is 0 Å². The fourth-order valence-corrected chi connectivity index (χ4v) is 1.13. The minimum absolute atomic E-state index is 0.0562. The first-order valence-electron chi connectivity index (χ1n) is 3.32. The highest BCUT2D eigenvalue weighted by Gasteiger charge is 2.07. The summed E-state index contributed by atoms with van der Waals surface area (Å²) in [5.74, 6) is 0. The lowest BCUT2D eigenvalue weighted by atomic mass is 10.4. The Balaban J connectivity index is 4.61. The van der Waals surface area contributed by atoms with Gasteiger partial charge in [0.05, 0.1) is 4.91 Å². The average molecular weight is 176 g/mol. The van der Waals surface area contributed by atoms with Crippen molar-refractivity contribution in [2.45, 2.75) is 20.3 Å². The second kappa shape index (κ2) is 4.31. The lowest BCUT2D eigenvalue weighted by Gasteiger charge is -1.93. The molecule has 11 heavy (non-hydrogen) atoms. The third-order valence-corrected chi connectivity index (χ3v) is 2.07. The molecule has 0 aromatic rings. The molecule has 0 aliphatic carbocycles. The number of hydrogen-bond donors (Lipinski definition) is 1. The molecule has 0 heterocycles. The molecule has 0 aliphatic heterocycles. The minimum atomic E-state index is -4.01. The molecule has 4 heteroatoms. The van der Waals surface area contributed by atoms with Crippen LogP contribution in [0.5, 0.6) is 0 Å². The van der Waals surface area contributed by atoms with Crippen molar-refractivity contribution in [3.63, 3.8) is 0 Å². The summed E-state index contributed by atoms with van der Waals surface area (Å²) in [6.45, 7) is 3.44. The zero-order chi connectivity index (χ0) is 8.91. The Kier molecular flexibility index (Phi) is 4.07. The molecule has 0 unspecified atom stereocenters. The van der Waals surface area contributed by atoms with Crippen molar-refractivity contribution >= 4 is 10.1 Å². The Hall–Kier alpha value is -0.610. The van der Waals surface area contributed by atoms with Crippen LogP contribution in [-0.2, 0) is 10.1 Å². The quantitative estimate of drug-likeness (QED) is 0.526. The van der Waals surface area contributed by atoms with Gasteiger partial charge in [0.15, 0.2) is 0 Å². The van der Waals surface area contributed by atoms with E-state index in [4.69, 9.17) is 4.55 Å². The molecule has 0 amide bonds. The van der Waals surface area contributed by atoms with Crippen LogP contribution in [-0.4, -0.2) is 13.0 Å². The Bertz CT molecular complexity index is 259. The van der Waals surface area contributed by atoms with Gasteiger partial charge >= 0.3 is 0 Å². The number of allylic oxidation sites excluding steroid dienone is 3. The molecule has 0 spiro atoms. The third kappa shape index (κ3) is 3.95. The lowest BCUT2D eigenvalue weighted by Crippen LogP contribution is -1.98.